The smallest absolute Gasteiger partial charge is 0.135 e. The highest BCUT2D eigenvalue weighted by molar-refractivity contribution is 5.75. The Morgan fingerprint density at radius 3 is 2.38 bits per heavy atom. The van der Waals surface area contributed by atoms with Crippen molar-refractivity contribution in [3.05, 3.63) is 118 Å². The van der Waals surface area contributed by atoms with Gasteiger partial charge in [0.05, 0.1) is 22.8 Å². The number of rotatable bonds is 13. The lowest BCUT2D eigenvalue weighted by Crippen LogP contribution is -2.22. The molecule has 3 atom stereocenters. The lowest BCUT2D eigenvalue weighted by molar-refractivity contribution is 0.360. The zero-order valence-electron chi connectivity index (χ0n) is 26.8. The molecule has 1 aromatic heterocycles. The molecular weight excluding hydrogens is 569 g/mol. The first-order chi connectivity index (χ1) is 21.5. The number of anilines is 1. The zero-order valence-corrected chi connectivity index (χ0v) is 26.8. The Morgan fingerprint density at radius 1 is 1.00 bits per heavy atom. The Bertz CT molecular complexity index is 1660. The molecule has 236 valence electrons. The number of hydrogen-bond donors (Lipinski definition) is 2. The summed E-state index contributed by atoms with van der Waals surface area (Å²) in [4.78, 5) is 9.48. The van der Waals surface area contributed by atoms with Gasteiger partial charge in [-0.15, -0.1) is 0 Å². The standard InChI is InChI=1S/C38H43F3N4/c1-7-9-17-43-36-16-15-28(18-35(36)42)26(6)44-22-32(27-13-11-10-12-14-27)37-20-29(23(3)8-2)24(4)38(45-37)31-19-30(25(5)39)33(40)21-34(31)41/h10-21,23,25,32,44H,6-9,22,42H2,1-5H3. The molecule has 3 aromatic carbocycles. The number of nitrogens with zero attached hydrogens (tertiary/aromatic N) is 2. The summed E-state index contributed by atoms with van der Waals surface area (Å²) < 4.78 is 44.2. The van der Waals surface area contributed by atoms with Crippen molar-refractivity contribution in [2.75, 3.05) is 12.3 Å². The molecule has 0 fully saturated rings. The maximum absolute atomic E-state index is 15.4. The van der Waals surface area contributed by atoms with Gasteiger partial charge in [-0.3, -0.25) is 9.98 Å². The monoisotopic (exact) mass is 612 g/mol. The summed E-state index contributed by atoms with van der Waals surface area (Å²) in [5.74, 6) is -1.78. The van der Waals surface area contributed by atoms with Gasteiger partial charge >= 0.3 is 0 Å². The van der Waals surface area contributed by atoms with Crippen LogP contribution in [0.3, 0.4) is 0 Å². The normalized spacial score (nSPS) is 13.5. The Morgan fingerprint density at radius 2 is 1.73 bits per heavy atom. The first-order valence-corrected chi connectivity index (χ1v) is 15.6. The van der Waals surface area contributed by atoms with Crippen LogP contribution >= 0.6 is 0 Å². The van der Waals surface area contributed by atoms with Crippen molar-refractivity contribution in [3.8, 4) is 11.3 Å². The van der Waals surface area contributed by atoms with Crippen LogP contribution in [0.5, 0.6) is 0 Å². The molecule has 1 heterocycles. The van der Waals surface area contributed by atoms with E-state index in [2.05, 4.69) is 43.7 Å². The summed E-state index contributed by atoms with van der Waals surface area (Å²) in [7, 11) is 0. The summed E-state index contributed by atoms with van der Waals surface area (Å²) in [5.41, 5.74) is 12.9. The fourth-order valence-electron chi connectivity index (χ4n) is 5.43. The first kappa shape index (κ1) is 33.5. The second-order valence-corrected chi connectivity index (χ2v) is 11.6. The lowest BCUT2D eigenvalue weighted by Gasteiger charge is -2.24. The van der Waals surface area contributed by atoms with E-state index < -0.39 is 17.8 Å². The van der Waals surface area contributed by atoms with Gasteiger partial charge in [0.1, 0.15) is 17.8 Å². The summed E-state index contributed by atoms with van der Waals surface area (Å²) in [5, 5.41) is 3.47. The van der Waals surface area contributed by atoms with Gasteiger partial charge in [-0.05, 0) is 79.1 Å². The van der Waals surface area contributed by atoms with Crippen LogP contribution < -0.4 is 11.1 Å². The van der Waals surface area contributed by atoms with Crippen LogP contribution in [0.1, 0.15) is 98.5 Å². The van der Waals surface area contributed by atoms with E-state index in [1.54, 1.807) is 0 Å². The molecule has 4 nitrogen and oxygen atoms in total. The Kier molecular flexibility index (Phi) is 11.2. The van der Waals surface area contributed by atoms with Gasteiger partial charge in [0.2, 0.25) is 0 Å². The van der Waals surface area contributed by atoms with Crippen molar-refractivity contribution in [2.24, 2.45) is 4.99 Å². The maximum atomic E-state index is 15.4. The molecule has 7 heteroatoms. The van der Waals surface area contributed by atoms with E-state index in [1.807, 2.05) is 61.7 Å². The van der Waals surface area contributed by atoms with Crippen LogP contribution in [0.15, 0.2) is 78.3 Å². The average molecular weight is 613 g/mol. The largest absolute Gasteiger partial charge is 0.397 e. The quantitative estimate of drug-likeness (QED) is 0.117. The molecule has 3 N–H and O–H groups in total. The van der Waals surface area contributed by atoms with E-state index in [0.717, 1.165) is 59.0 Å². The topological polar surface area (TPSA) is 63.3 Å². The highest BCUT2D eigenvalue weighted by Crippen LogP contribution is 2.37. The molecule has 0 bridgehead atoms. The van der Waals surface area contributed by atoms with Crippen molar-refractivity contribution < 1.29 is 13.2 Å². The predicted molar refractivity (Wildman–Crippen MR) is 182 cm³/mol. The van der Waals surface area contributed by atoms with Crippen LogP contribution in [0.25, 0.3) is 17.0 Å². The predicted octanol–water partition coefficient (Wildman–Crippen LogP) is 10.4. The van der Waals surface area contributed by atoms with Gasteiger partial charge < -0.3 is 11.1 Å². The van der Waals surface area contributed by atoms with Crippen LogP contribution in [-0.2, 0) is 0 Å². The number of hydrogen-bond acceptors (Lipinski definition) is 4. The molecular formula is C38H43F3N4. The van der Waals surface area contributed by atoms with Gasteiger partial charge in [-0.25, -0.2) is 13.2 Å². The third kappa shape index (κ3) is 7.83. The number of alkyl halides is 1. The van der Waals surface area contributed by atoms with Gasteiger partial charge in [0.15, 0.2) is 0 Å². The van der Waals surface area contributed by atoms with Crippen molar-refractivity contribution >= 4 is 23.3 Å². The fourth-order valence-corrected chi connectivity index (χ4v) is 5.43. The minimum absolute atomic E-state index is 0.0844. The molecule has 0 aliphatic heterocycles. The van der Waals surface area contributed by atoms with Crippen molar-refractivity contribution in [1.82, 2.24) is 10.3 Å². The molecule has 0 saturated carbocycles. The number of aliphatic imine (C=N–C) groups is 1. The van der Waals surface area contributed by atoms with Crippen molar-refractivity contribution in [1.29, 1.82) is 0 Å². The molecule has 0 aliphatic carbocycles. The van der Waals surface area contributed by atoms with Gasteiger partial charge in [0.25, 0.3) is 0 Å². The molecule has 0 amide bonds. The number of nitrogen functional groups attached to an aromatic ring is 1. The van der Waals surface area contributed by atoms with Gasteiger partial charge in [0, 0.05) is 41.6 Å². The number of nitrogens with two attached hydrogens (primary N) is 1. The Hall–Kier alpha value is -4.39. The first-order valence-electron chi connectivity index (χ1n) is 15.6. The maximum Gasteiger partial charge on any atom is 0.135 e. The molecule has 0 spiro atoms. The molecule has 0 aliphatic rings. The van der Waals surface area contributed by atoms with E-state index in [1.165, 1.54) is 13.0 Å². The van der Waals surface area contributed by atoms with Crippen LogP contribution in [-0.4, -0.2) is 17.7 Å². The fraction of sp³-hybridized carbons (Fsp3) is 0.316. The molecule has 0 saturated heterocycles. The second kappa shape index (κ2) is 15.1. The number of halogens is 3. The summed E-state index contributed by atoms with van der Waals surface area (Å²) in [6.07, 6.45) is 3.02. The van der Waals surface area contributed by atoms with Crippen molar-refractivity contribution in [2.45, 2.75) is 71.9 Å². The van der Waals surface area contributed by atoms with E-state index in [0.29, 0.717) is 23.6 Å². The number of aromatic nitrogens is 1. The summed E-state index contributed by atoms with van der Waals surface area (Å²) in [6, 6.07) is 19.7. The third-order valence-electron chi connectivity index (χ3n) is 8.35. The van der Waals surface area contributed by atoms with Crippen LogP contribution in [0.4, 0.5) is 24.5 Å². The lowest BCUT2D eigenvalue weighted by atomic mass is 9.87. The van der Waals surface area contributed by atoms with Gasteiger partial charge in [-0.2, -0.15) is 0 Å². The van der Waals surface area contributed by atoms with Gasteiger partial charge in [-0.1, -0.05) is 70.2 Å². The Labute approximate surface area is 265 Å². The van der Waals surface area contributed by atoms with E-state index in [4.69, 9.17) is 10.7 Å². The molecule has 45 heavy (non-hydrogen) atoms. The SMILES string of the molecule is C=C(NCC(c1ccccc1)c1cc(C(C)CC)c(C)c(-c2cc(C(C)F)c(F)cc2F)n1)c1ccc(N=CCCC)c(N)c1. The average Bonchev–Trinajstić information content (AvgIpc) is 3.02. The summed E-state index contributed by atoms with van der Waals surface area (Å²) >= 11 is 0. The molecule has 4 aromatic rings. The second-order valence-electron chi connectivity index (χ2n) is 11.6. The van der Waals surface area contributed by atoms with Crippen LogP contribution in [0, 0.1) is 18.6 Å². The van der Waals surface area contributed by atoms with Crippen molar-refractivity contribution in [3.63, 3.8) is 0 Å². The van der Waals surface area contributed by atoms with E-state index >= 15 is 4.39 Å². The highest BCUT2D eigenvalue weighted by Gasteiger charge is 2.24. The highest BCUT2D eigenvalue weighted by atomic mass is 19.1. The number of pyridine rings is 1. The van der Waals surface area contributed by atoms with Crippen LogP contribution in [0.2, 0.25) is 0 Å². The molecule has 0 radical (unpaired) electrons. The molecule has 4 rings (SSSR count). The minimum Gasteiger partial charge on any atom is -0.397 e. The number of benzene rings is 3. The summed E-state index contributed by atoms with van der Waals surface area (Å²) in [6.45, 7) is 14.2. The number of nitrogens with one attached hydrogen (secondary N) is 1. The minimum atomic E-state index is -1.60. The Balaban J connectivity index is 1.77. The zero-order chi connectivity index (χ0) is 32.7. The third-order valence-corrected chi connectivity index (χ3v) is 8.35. The molecule has 3 unspecified atom stereocenters. The van der Waals surface area contributed by atoms with E-state index in [-0.39, 0.29) is 23.0 Å². The van der Waals surface area contributed by atoms with E-state index in [9.17, 15) is 8.78 Å². The number of unbranched alkanes of at least 4 members (excludes halogenated alkanes) is 1.